The number of anilines is 1. The molecule has 2 N–H and O–H groups in total. The van der Waals surface area contributed by atoms with E-state index in [0.717, 1.165) is 18.4 Å². The highest BCUT2D eigenvalue weighted by Crippen LogP contribution is 2.34. The molecule has 0 aliphatic carbocycles. The fraction of sp³-hybridized carbons (Fsp3) is 0.333. The molecule has 0 bridgehead atoms. The van der Waals surface area contributed by atoms with Gasteiger partial charge >= 0.3 is 6.18 Å². The molecule has 3 nitrogen and oxygen atoms in total. The Bertz CT molecular complexity index is 494. The summed E-state index contributed by atoms with van der Waals surface area (Å²) in [7, 11) is -3.56. The smallest absolute Gasteiger partial charge is 0.398 e. The Morgan fingerprint density at radius 3 is 2.31 bits per heavy atom. The molecule has 0 aliphatic rings. The highest BCUT2D eigenvalue weighted by Gasteiger charge is 2.34. The molecule has 0 fully saturated rings. The molecule has 0 heterocycles. The number of nitrogen functional groups attached to an aromatic ring is 1. The van der Waals surface area contributed by atoms with Gasteiger partial charge in [0.15, 0.2) is 9.84 Å². The Morgan fingerprint density at radius 1 is 1.31 bits per heavy atom. The summed E-state index contributed by atoms with van der Waals surface area (Å²) in [4.78, 5) is 0. The Hall–Kier alpha value is -1.24. The number of nitrogens with two attached hydrogens (primary N) is 1. The van der Waals surface area contributed by atoms with Crippen LogP contribution in [0.4, 0.5) is 18.9 Å². The molecular formula is C9H10F3NO2S. The number of benzene rings is 1. The van der Waals surface area contributed by atoms with E-state index in [1.807, 2.05) is 0 Å². The number of sulfone groups is 1. The maximum atomic E-state index is 12.6. The SMILES string of the molecule is CS(=O)(=O)Cc1c(N)cccc1C(F)(F)F. The van der Waals surface area contributed by atoms with Crippen molar-refractivity contribution in [2.24, 2.45) is 0 Å². The minimum atomic E-state index is -4.60. The van der Waals surface area contributed by atoms with Crippen LogP contribution in [0.25, 0.3) is 0 Å². The predicted octanol–water partition coefficient (Wildman–Crippen LogP) is 1.83. The van der Waals surface area contributed by atoms with E-state index >= 15 is 0 Å². The van der Waals surface area contributed by atoms with Crippen molar-refractivity contribution < 1.29 is 21.6 Å². The van der Waals surface area contributed by atoms with Gasteiger partial charge < -0.3 is 5.73 Å². The van der Waals surface area contributed by atoms with Crippen LogP contribution in [0.2, 0.25) is 0 Å². The molecule has 1 aromatic carbocycles. The van der Waals surface area contributed by atoms with Crippen molar-refractivity contribution in [3.05, 3.63) is 29.3 Å². The molecule has 0 unspecified atom stereocenters. The number of rotatable bonds is 2. The van der Waals surface area contributed by atoms with Gasteiger partial charge in [-0.1, -0.05) is 6.07 Å². The molecule has 1 rings (SSSR count). The van der Waals surface area contributed by atoms with Crippen molar-refractivity contribution in [1.29, 1.82) is 0 Å². The summed E-state index contributed by atoms with van der Waals surface area (Å²) < 4.78 is 59.7. The largest absolute Gasteiger partial charge is 0.416 e. The normalized spacial score (nSPS) is 12.8. The van der Waals surface area contributed by atoms with Crippen LogP contribution in [0, 0.1) is 0 Å². The average Bonchev–Trinajstić information content (AvgIpc) is 2.04. The summed E-state index contributed by atoms with van der Waals surface area (Å²) in [6.45, 7) is 0. The second kappa shape index (κ2) is 3.97. The second-order valence-corrected chi connectivity index (χ2v) is 5.58. The van der Waals surface area contributed by atoms with Crippen molar-refractivity contribution in [3.8, 4) is 0 Å². The summed E-state index contributed by atoms with van der Waals surface area (Å²) in [6, 6.07) is 3.20. The first-order chi connectivity index (χ1) is 7.11. The maximum Gasteiger partial charge on any atom is 0.416 e. The first-order valence-electron chi connectivity index (χ1n) is 4.23. The average molecular weight is 253 g/mol. The van der Waals surface area contributed by atoms with E-state index in [2.05, 4.69) is 0 Å². The first-order valence-corrected chi connectivity index (χ1v) is 6.29. The van der Waals surface area contributed by atoms with Crippen LogP contribution in [-0.4, -0.2) is 14.7 Å². The van der Waals surface area contributed by atoms with Crippen LogP contribution in [0.15, 0.2) is 18.2 Å². The lowest BCUT2D eigenvalue weighted by Gasteiger charge is -2.13. The lowest BCUT2D eigenvalue weighted by atomic mass is 10.1. The molecule has 0 radical (unpaired) electrons. The van der Waals surface area contributed by atoms with Crippen LogP contribution in [0.3, 0.4) is 0 Å². The van der Waals surface area contributed by atoms with E-state index in [9.17, 15) is 21.6 Å². The molecule has 0 spiro atoms. The van der Waals surface area contributed by atoms with E-state index in [1.54, 1.807) is 0 Å². The van der Waals surface area contributed by atoms with Crippen LogP contribution >= 0.6 is 0 Å². The van der Waals surface area contributed by atoms with Crippen molar-refractivity contribution in [2.45, 2.75) is 11.9 Å². The van der Waals surface area contributed by atoms with E-state index in [0.29, 0.717) is 0 Å². The summed E-state index contributed by atoms with van der Waals surface area (Å²) in [5.41, 5.74) is 3.80. The van der Waals surface area contributed by atoms with E-state index in [1.165, 1.54) is 6.07 Å². The van der Waals surface area contributed by atoms with Crippen molar-refractivity contribution in [1.82, 2.24) is 0 Å². The van der Waals surface area contributed by atoms with E-state index < -0.39 is 32.9 Å². The molecule has 1 aromatic rings. The lowest BCUT2D eigenvalue weighted by molar-refractivity contribution is -0.138. The Labute approximate surface area is 91.0 Å². The molecule has 90 valence electrons. The van der Waals surface area contributed by atoms with Crippen LogP contribution in [0.1, 0.15) is 11.1 Å². The van der Waals surface area contributed by atoms with Gasteiger partial charge in [0.25, 0.3) is 0 Å². The Kier molecular flexibility index (Phi) is 3.18. The van der Waals surface area contributed by atoms with Gasteiger partial charge in [0.05, 0.1) is 11.3 Å². The van der Waals surface area contributed by atoms with Crippen molar-refractivity contribution >= 4 is 15.5 Å². The van der Waals surface area contributed by atoms with Gasteiger partial charge in [-0.3, -0.25) is 0 Å². The third-order valence-electron chi connectivity index (χ3n) is 1.92. The summed E-state index contributed by atoms with van der Waals surface area (Å²) in [5, 5.41) is 0. The molecule has 0 aliphatic heterocycles. The quantitative estimate of drug-likeness (QED) is 0.818. The zero-order valence-corrected chi connectivity index (χ0v) is 9.19. The molecule has 16 heavy (non-hydrogen) atoms. The van der Waals surface area contributed by atoms with Gasteiger partial charge in [-0.25, -0.2) is 8.42 Å². The molecule has 0 aromatic heterocycles. The molecule has 0 atom stereocenters. The van der Waals surface area contributed by atoms with Crippen LogP contribution in [-0.2, 0) is 21.8 Å². The topological polar surface area (TPSA) is 60.2 Å². The van der Waals surface area contributed by atoms with Gasteiger partial charge in [0.1, 0.15) is 0 Å². The minimum Gasteiger partial charge on any atom is -0.398 e. The zero-order chi connectivity index (χ0) is 12.6. The summed E-state index contributed by atoms with van der Waals surface area (Å²) in [5.74, 6) is -0.714. The highest BCUT2D eigenvalue weighted by atomic mass is 32.2. The third-order valence-corrected chi connectivity index (χ3v) is 2.74. The molecule has 0 saturated carbocycles. The first kappa shape index (κ1) is 12.8. The molecule has 0 saturated heterocycles. The minimum absolute atomic E-state index is 0.166. The second-order valence-electron chi connectivity index (χ2n) is 3.44. The number of hydrogen-bond acceptors (Lipinski definition) is 3. The van der Waals surface area contributed by atoms with Crippen LogP contribution in [0.5, 0.6) is 0 Å². The molecule has 7 heteroatoms. The van der Waals surface area contributed by atoms with E-state index in [4.69, 9.17) is 5.73 Å². The number of halogens is 3. The van der Waals surface area contributed by atoms with Crippen LogP contribution < -0.4 is 5.73 Å². The predicted molar refractivity (Wildman–Crippen MR) is 54.4 cm³/mol. The van der Waals surface area contributed by atoms with Gasteiger partial charge in [-0.2, -0.15) is 13.2 Å². The van der Waals surface area contributed by atoms with Gasteiger partial charge in [-0.05, 0) is 12.1 Å². The summed E-state index contributed by atoms with van der Waals surface area (Å²) in [6.07, 6.45) is -3.74. The fourth-order valence-corrected chi connectivity index (χ4v) is 2.14. The lowest BCUT2D eigenvalue weighted by Crippen LogP contribution is -2.14. The Balaban J connectivity index is 3.36. The van der Waals surface area contributed by atoms with Crippen molar-refractivity contribution in [2.75, 3.05) is 12.0 Å². The third kappa shape index (κ3) is 3.13. The monoisotopic (exact) mass is 253 g/mol. The maximum absolute atomic E-state index is 12.6. The van der Waals surface area contributed by atoms with Gasteiger partial charge in [-0.15, -0.1) is 0 Å². The van der Waals surface area contributed by atoms with E-state index in [-0.39, 0.29) is 5.69 Å². The zero-order valence-electron chi connectivity index (χ0n) is 8.38. The number of alkyl halides is 3. The summed E-state index contributed by atoms with van der Waals surface area (Å²) >= 11 is 0. The number of hydrogen-bond donors (Lipinski definition) is 1. The highest BCUT2D eigenvalue weighted by molar-refractivity contribution is 7.89. The van der Waals surface area contributed by atoms with Gasteiger partial charge in [0.2, 0.25) is 0 Å². The van der Waals surface area contributed by atoms with Gasteiger partial charge in [0, 0.05) is 17.5 Å². The Morgan fingerprint density at radius 2 is 1.88 bits per heavy atom. The standard InChI is InChI=1S/C9H10F3NO2S/c1-16(14,15)5-6-7(9(10,11)12)3-2-4-8(6)13/h2-4H,5,13H2,1H3. The molecule has 0 amide bonds. The van der Waals surface area contributed by atoms with Crippen molar-refractivity contribution in [3.63, 3.8) is 0 Å². The molecular weight excluding hydrogens is 243 g/mol. The fourth-order valence-electron chi connectivity index (χ4n) is 1.29.